The number of carbonyl (C=O) groups excluding carboxylic acids is 2. The van der Waals surface area contributed by atoms with Crippen LogP contribution in [0.4, 0.5) is 17.6 Å². The number of carbonyl (C=O) groups is 2. The molecule has 70 heavy (non-hydrogen) atoms. The highest BCUT2D eigenvalue weighted by atomic mass is 32.1. The first kappa shape index (κ1) is 44.4. The van der Waals surface area contributed by atoms with E-state index in [1.807, 2.05) is 30.3 Å². The van der Waals surface area contributed by atoms with Crippen molar-refractivity contribution in [2.45, 2.75) is 94.2 Å². The highest BCUT2D eigenvalue weighted by Crippen LogP contribution is 2.60. The van der Waals surface area contributed by atoms with E-state index >= 15 is 0 Å². The molecule has 3 fully saturated rings. The van der Waals surface area contributed by atoms with Crippen molar-refractivity contribution in [3.63, 3.8) is 0 Å². The van der Waals surface area contributed by atoms with Crippen LogP contribution in [0.5, 0.6) is 0 Å². The molecule has 9 aliphatic rings. The van der Waals surface area contributed by atoms with Crippen molar-refractivity contribution in [1.82, 2.24) is 0 Å². The van der Waals surface area contributed by atoms with Crippen LogP contribution in [0.25, 0.3) is 28.9 Å². The summed E-state index contributed by atoms with van der Waals surface area (Å²) in [6.07, 6.45) is 18.1. The largest absolute Gasteiger partial charge is 0.482 e. The van der Waals surface area contributed by atoms with Crippen LogP contribution in [0.15, 0.2) is 88.5 Å². The Bertz CT molecular complexity index is 3330. The third kappa shape index (κ3) is 6.60. The van der Waals surface area contributed by atoms with E-state index in [9.17, 15) is 48.2 Å². The molecule has 4 heterocycles. The van der Waals surface area contributed by atoms with Gasteiger partial charge in [0.1, 0.15) is 58.7 Å². The summed E-state index contributed by atoms with van der Waals surface area (Å²) < 4.78 is 72.9. The molecule has 7 aliphatic carbocycles. The molecule has 0 bridgehead atoms. The van der Waals surface area contributed by atoms with E-state index < -0.39 is 58.7 Å². The number of benzene rings is 1. The summed E-state index contributed by atoms with van der Waals surface area (Å²) >= 11 is 2.97. The number of halogens is 4. The Kier molecular flexibility index (Phi) is 10.4. The highest BCUT2D eigenvalue weighted by Gasteiger charge is 2.52. The van der Waals surface area contributed by atoms with Gasteiger partial charge in [-0.1, -0.05) is 30.6 Å². The molecule has 3 aromatic rings. The molecule has 348 valence electrons. The first-order valence-electron chi connectivity index (χ1n) is 23.8. The monoisotopic (exact) mass is 972 g/mol. The average molecular weight is 973 g/mol. The molecule has 1 aromatic carbocycles. The van der Waals surface area contributed by atoms with E-state index in [2.05, 4.69) is 30.4 Å². The maximum atomic E-state index is 14.8. The third-order valence-electron chi connectivity index (χ3n) is 15.9. The maximum absolute atomic E-state index is 14.8. The van der Waals surface area contributed by atoms with Crippen LogP contribution >= 0.6 is 22.7 Å². The summed E-state index contributed by atoms with van der Waals surface area (Å²) in [4.78, 5) is 31.3. The first-order chi connectivity index (χ1) is 33.9. The fourth-order valence-electron chi connectivity index (χ4n) is 12.6. The van der Waals surface area contributed by atoms with Crippen molar-refractivity contribution in [2.24, 2.45) is 29.6 Å². The average Bonchev–Trinajstić information content (AvgIpc) is 4.12. The Balaban J connectivity index is 0.948. The van der Waals surface area contributed by atoms with Crippen molar-refractivity contribution in [2.75, 3.05) is 0 Å². The van der Waals surface area contributed by atoms with Gasteiger partial charge in [0.2, 0.25) is 0 Å². The minimum Gasteiger partial charge on any atom is -0.482 e. The molecule has 0 radical (unpaired) electrons. The fraction of sp³-hybridized carbons (Fsp3) is 0.357. The Morgan fingerprint density at radius 3 is 1.76 bits per heavy atom. The Morgan fingerprint density at radius 1 is 0.700 bits per heavy atom. The molecule has 2 aromatic heterocycles. The lowest BCUT2D eigenvalue weighted by molar-refractivity contribution is -0.117. The number of allylic oxidation sites excluding steroid dienone is 12. The molecule has 14 heteroatoms. The summed E-state index contributed by atoms with van der Waals surface area (Å²) in [7, 11) is 0. The topological polar surface area (TPSA) is 148 Å². The van der Waals surface area contributed by atoms with Crippen molar-refractivity contribution in [1.29, 1.82) is 21.0 Å². The molecule has 0 N–H and O–H groups in total. The summed E-state index contributed by atoms with van der Waals surface area (Å²) in [6, 6.07) is 13.5. The predicted molar refractivity (Wildman–Crippen MR) is 253 cm³/mol. The van der Waals surface area contributed by atoms with E-state index in [-0.39, 0.29) is 57.5 Å². The van der Waals surface area contributed by atoms with Crippen molar-refractivity contribution in [3.05, 3.63) is 142 Å². The van der Waals surface area contributed by atoms with Crippen molar-refractivity contribution >= 4 is 63.1 Å². The van der Waals surface area contributed by atoms with Crippen LogP contribution in [0.1, 0.15) is 117 Å². The van der Waals surface area contributed by atoms with E-state index in [0.29, 0.717) is 10.5 Å². The second-order valence-electron chi connectivity index (χ2n) is 19.7. The number of rotatable bonds is 3. The van der Waals surface area contributed by atoms with Gasteiger partial charge in [0.05, 0.1) is 12.1 Å². The number of thiophene rings is 2. The highest BCUT2D eigenvalue weighted by molar-refractivity contribution is 7.14. The minimum absolute atomic E-state index is 0.000581. The number of hydrogen-bond donors (Lipinski definition) is 0. The normalized spacial score (nSPS) is 28.4. The van der Waals surface area contributed by atoms with Gasteiger partial charge in [0.15, 0.2) is 23.2 Å². The molecule has 2 spiro atoms. The van der Waals surface area contributed by atoms with Gasteiger partial charge in [-0.05, 0) is 118 Å². The number of ketones is 2. The molecule has 8 nitrogen and oxygen atoms in total. The van der Waals surface area contributed by atoms with Gasteiger partial charge < -0.3 is 9.47 Å². The van der Waals surface area contributed by atoms with Crippen molar-refractivity contribution < 1.29 is 36.6 Å². The van der Waals surface area contributed by atoms with E-state index in [4.69, 9.17) is 9.47 Å². The predicted octanol–water partition coefficient (Wildman–Crippen LogP) is 12.9. The van der Waals surface area contributed by atoms with E-state index in [1.165, 1.54) is 22.7 Å². The number of hydrogen-bond acceptors (Lipinski definition) is 10. The number of alkyl halides is 2. The summed E-state index contributed by atoms with van der Waals surface area (Å²) in [5.41, 5.74) is 2.56. The van der Waals surface area contributed by atoms with Crippen LogP contribution < -0.4 is 0 Å². The molecule has 0 saturated heterocycles. The maximum Gasteiger partial charge on any atom is 0.194 e. The number of nitriles is 4. The lowest BCUT2D eigenvalue weighted by Crippen LogP contribution is -2.37. The van der Waals surface area contributed by atoms with E-state index in [1.54, 1.807) is 12.2 Å². The van der Waals surface area contributed by atoms with Crippen LogP contribution in [0, 0.1) is 86.5 Å². The van der Waals surface area contributed by atoms with Gasteiger partial charge in [-0.25, -0.2) is 17.6 Å². The molecule has 12 rings (SSSR count). The van der Waals surface area contributed by atoms with Gasteiger partial charge in [0, 0.05) is 87.7 Å². The first-order valence-corrected chi connectivity index (χ1v) is 25.4. The van der Waals surface area contributed by atoms with Gasteiger partial charge in [-0.3, -0.25) is 9.59 Å². The van der Waals surface area contributed by atoms with Gasteiger partial charge in [-0.2, -0.15) is 21.0 Å². The lowest BCUT2D eigenvalue weighted by Gasteiger charge is -2.46. The second kappa shape index (κ2) is 16.4. The molecule has 2 aliphatic heterocycles. The van der Waals surface area contributed by atoms with Crippen LogP contribution in [-0.4, -0.2) is 23.9 Å². The summed E-state index contributed by atoms with van der Waals surface area (Å²) in [5, 5.41) is 39.9. The molecule has 3 saturated carbocycles. The standard InChI is InChI=1S/C56H40F4N4O4S2/c57-43-19-33-35(21-45(43)59)51(65)39(49(33)29(23-61)24-62)15-31-17-41-53(69-31)37-11-28-14-48-38(12-27(28)13-47(37)67-55(41)7-3-1-4-8-55)54-42(56(68-48)9-5-2-6-10-56)18-32(70-54)16-40-50(30(25-63)26-64)34-20-44(58)46(60)22-36(34)52(40)66/h11-21,27-28,30,36,44,46,50H,1-10,22H2/b39-15-,40-16-. The number of nitrogens with zero attached hydrogens (tertiary/aromatic N) is 4. The second-order valence-corrected chi connectivity index (χ2v) is 21.9. The molecular weight excluding hydrogens is 933 g/mol. The SMILES string of the molecule is N#CC(C#N)=C1/C(=C/c2cc3c(s2)C2=CC4C=C5OC6(CCCCC6)c6cc(/C=C7\C(=O)C8CC(F)C(F)C=C8C7C(C#N)C#N)sc6C5=CC4C=C2OC32CCCCC2)C(=O)c2cc(F)c(F)cc21. The van der Waals surface area contributed by atoms with Crippen LogP contribution in [0.2, 0.25) is 0 Å². The Morgan fingerprint density at radius 2 is 1.23 bits per heavy atom. The smallest absolute Gasteiger partial charge is 0.194 e. The Labute approximate surface area is 408 Å². The number of fused-ring (bicyclic) bond motifs is 11. The van der Waals surface area contributed by atoms with Crippen LogP contribution in [-0.2, 0) is 25.5 Å². The van der Waals surface area contributed by atoms with Crippen LogP contribution in [0.3, 0.4) is 0 Å². The van der Waals surface area contributed by atoms with E-state index in [0.717, 1.165) is 131 Å². The van der Waals surface area contributed by atoms with Gasteiger partial charge >= 0.3 is 0 Å². The summed E-state index contributed by atoms with van der Waals surface area (Å²) in [6.45, 7) is 0. The minimum atomic E-state index is -1.92. The van der Waals surface area contributed by atoms with Gasteiger partial charge in [-0.15, -0.1) is 22.7 Å². The zero-order valence-electron chi connectivity index (χ0n) is 37.4. The number of Topliss-reactive ketones (excluding diaryl/α,β-unsaturated/α-hetero) is 2. The quantitative estimate of drug-likeness (QED) is 0.109. The molecule has 0 amide bonds. The fourth-order valence-corrected chi connectivity index (χ4v) is 15.1. The summed E-state index contributed by atoms with van der Waals surface area (Å²) in [5.74, 6) is -5.30. The van der Waals surface area contributed by atoms with Gasteiger partial charge in [0.25, 0.3) is 0 Å². The molecular formula is C56H40F4N4O4S2. The number of ether oxygens (including phenoxy) is 2. The third-order valence-corrected chi connectivity index (χ3v) is 18.1. The van der Waals surface area contributed by atoms with Crippen molar-refractivity contribution in [3.8, 4) is 24.3 Å². The lowest BCUT2D eigenvalue weighted by atomic mass is 9.72. The molecule has 6 atom stereocenters. The molecule has 6 unspecified atom stereocenters. The Hall–Kier alpha value is -6.84. The zero-order valence-corrected chi connectivity index (χ0v) is 39.1. The zero-order chi connectivity index (χ0) is 48.4.